The zero-order valence-corrected chi connectivity index (χ0v) is 12.2. The smallest absolute Gasteiger partial charge is 0.178 e. The number of carbonyl (C=O) groups is 1. The molecule has 102 valence electrons. The Labute approximate surface area is 126 Å². The fourth-order valence-electron chi connectivity index (χ4n) is 2.03. The average Bonchev–Trinajstić information content (AvgIpc) is 2.49. The Morgan fingerprint density at radius 1 is 1.40 bits per heavy atom. The van der Waals surface area contributed by atoms with Crippen LogP contribution >= 0.6 is 23.4 Å². The van der Waals surface area contributed by atoms with Gasteiger partial charge < -0.3 is 4.74 Å². The van der Waals surface area contributed by atoms with Gasteiger partial charge in [0.05, 0.1) is 5.02 Å². The van der Waals surface area contributed by atoms with E-state index >= 15 is 0 Å². The molecular weight excluding hydrogens is 294 g/mol. The van der Waals surface area contributed by atoms with Crippen LogP contribution in [0.25, 0.3) is 0 Å². The largest absolute Gasteiger partial charge is 0.481 e. The van der Waals surface area contributed by atoms with Crippen LogP contribution in [0, 0.1) is 0 Å². The molecule has 1 aromatic carbocycles. The molecule has 0 radical (unpaired) electrons. The first-order valence-electron chi connectivity index (χ1n) is 6.23. The number of halogens is 1. The van der Waals surface area contributed by atoms with Gasteiger partial charge in [0.15, 0.2) is 11.9 Å². The van der Waals surface area contributed by atoms with Gasteiger partial charge in [0.25, 0.3) is 0 Å². The molecule has 5 heteroatoms. The summed E-state index contributed by atoms with van der Waals surface area (Å²) in [7, 11) is 0. The monoisotopic (exact) mass is 305 g/mol. The fraction of sp³-hybridized carbons (Fsp3) is 0.200. The van der Waals surface area contributed by atoms with E-state index in [-0.39, 0.29) is 12.2 Å². The molecule has 0 fully saturated rings. The highest BCUT2D eigenvalue weighted by Crippen LogP contribution is 2.35. The Balaban J connectivity index is 1.72. The van der Waals surface area contributed by atoms with Crippen LogP contribution in [-0.4, -0.2) is 22.6 Å². The van der Waals surface area contributed by atoms with Gasteiger partial charge in [0.1, 0.15) is 5.75 Å². The van der Waals surface area contributed by atoms with E-state index in [1.807, 2.05) is 24.3 Å². The Morgan fingerprint density at radius 3 is 3.10 bits per heavy atom. The number of ether oxygens (including phenoxy) is 1. The summed E-state index contributed by atoms with van der Waals surface area (Å²) in [5.74, 6) is 1.46. The number of rotatable bonds is 3. The van der Waals surface area contributed by atoms with Crippen molar-refractivity contribution in [1.29, 1.82) is 0 Å². The quantitative estimate of drug-likeness (QED) is 0.871. The number of fused-ring (bicyclic) bond motifs is 1. The maximum Gasteiger partial charge on any atom is 0.178 e. The van der Waals surface area contributed by atoms with E-state index in [4.69, 9.17) is 16.3 Å². The summed E-state index contributed by atoms with van der Waals surface area (Å²) in [5.41, 5.74) is 0.791. The third-order valence-corrected chi connectivity index (χ3v) is 4.55. The number of thioether (sulfide) groups is 1. The number of hydrogen-bond acceptors (Lipinski definition) is 4. The lowest BCUT2D eigenvalue weighted by molar-refractivity contribution is -0.124. The van der Waals surface area contributed by atoms with Crippen molar-refractivity contribution in [2.45, 2.75) is 17.4 Å². The number of benzene rings is 1. The number of nitrogens with zero attached hydrogens (tertiary/aromatic N) is 1. The molecule has 1 aromatic heterocycles. The number of para-hydroxylation sites is 1. The predicted molar refractivity (Wildman–Crippen MR) is 79.5 cm³/mol. The third-order valence-electron chi connectivity index (χ3n) is 3.09. The van der Waals surface area contributed by atoms with Gasteiger partial charge in [-0.1, -0.05) is 23.7 Å². The minimum Gasteiger partial charge on any atom is -0.481 e. The topological polar surface area (TPSA) is 39.2 Å². The van der Waals surface area contributed by atoms with E-state index < -0.39 is 6.10 Å². The van der Waals surface area contributed by atoms with Gasteiger partial charge in [-0.15, -0.1) is 11.8 Å². The summed E-state index contributed by atoms with van der Waals surface area (Å²) >= 11 is 7.68. The first-order valence-corrected chi connectivity index (χ1v) is 7.60. The van der Waals surface area contributed by atoms with Crippen LogP contribution in [0.1, 0.15) is 5.56 Å². The summed E-state index contributed by atoms with van der Waals surface area (Å²) in [6.07, 6.45) is 3.05. The zero-order valence-electron chi connectivity index (χ0n) is 10.6. The minimum atomic E-state index is -0.417. The highest BCUT2D eigenvalue weighted by Gasteiger charge is 2.26. The molecule has 0 spiro atoms. The molecule has 0 aliphatic carbocycles. The number of Topliss-reactive ketones (excluding diaryl/α,β-unsaturated/α-hetero) is 1. The van der Waals surface area contributed by atoms with Crippen LogP contribution in [0.3, 0.4) is 0 Å². The first kappa shape index (κ1) is 13.5. The molecule has 0 N–H and O–H groups in total. The van der Waals surface area contributed by atoms with Gasteiger partial charge in [-0.05, 0) is 23.8 Å². The Hall–Kier alpha value is -1.52. The molecule has 2 aromatic rings. The first-order chi connectivity index (χ1) is 9.74. The van der Waals surface area contributed by atoms with Gasteiger partial charge in [0.2, 0.25) is 0 Å². The standard InChI is InChI=1S/C15H12ClNO2S/c16-11-8-17-6-5-10(11)7-12(18)14-9-20-15-4-2-1-3-13(15)19-14/h1-6,8,14H,7,9H2. The van der Waals surface area contributed by atoms with Crippen molar-refractivity contribution in [3.63, 3.8) is 0 Å². The molecule has 3 nitrogen and oxygen atoms in total. The number of carbonyl (C=O) groups excluding carboxylic acids is 1. The number of aromatic nitrogens is 1. The molecule has 1 aliphatic heterocycles. The van der Waals surface area contributed by atoms with Gasteiger partial charge in [-0.2, -0.15) is 0 Å². The van der Waals surface area contributed by atoms with Crippen LogP contribution < -0.4 is 4.74 Å². The molecule has 0 saturated carbocycles. The van der Waals surface area contributed by atoms with E-state index in [0.29, 0.717) is 10.8 Å². The minimum absolute atomic E-state index is 0.0418. The van der Waals surface area contributed by atoms with Crippen LogP contribution in [0.4, 0.5) is 0 Å². The molecule has 1 atom stereocenters. The van der Waals surface area contributed by atoms with Crippen LogP contribution in [0.2, 0.25) is 5.02 Å². The Bertz CT molecular complexity index is 647. The van der Waals surface area contributed by atoms with Crippen LogP contribution in [0.5, 0.6) is 5.75 Å². The van der Waals surface area contributed by atoms with Crippen LogP contribution in [-0.2, 0) is 11.2 Å². The maximum atomic E-state index is 12.3. The van der Waals surface area contributed by atoms with E-state index in [0.717, 1.165) is 16.2 Å². The molecule has 2 heterocycles. The predicted octanol–water partition coefficient (Wildman–Crippen LogP) is 3.40. The lowest BCUT2D eigenvalue weighted by Gasteiger charge is -2.24. The SMILES string of the molecule is O=C(Cc1ccncc1Cl)C1CSc2ccccc2O1. The summed E-state index contributed by atoms with van der Waals surface area (Å²) in [4.78, 5) is 17.3. The van der Waals surface area contributed by atoms with E-state index in [9.17, 15) is 4.79 Å². The fourth-order valence-corrected chi connectivity index (χ4v) is 3.23. The van der Waals surface area contributed by atoms with E-state index in [1.54, 1.807) is 30.2 Å². The zero-order chi connectivity index (χ0) is 13.9. The average molecular weight is 306 g/mol. The molecular formula is C15H12ClNO2S. The second-order valence-electron chi connectivity index (χ2n) is 4.47. The van der Waals surface area contributed by atoms with Crippen molar-refractivity contribution < 1.29 is 9.53 Å². The van der Waals surface area contributed by atoms with E-state index in [2.05, 4.69) is 4.98 Å². The molecule has 0 saturated heterocycles. The summed E-state index contributed by atoms with van der Waals surface area (Å²) in [5, 5.41) is 0.518. The summed E-state index contributed by atoms with van der Waals surface area (Å²) in [6.45, 7) is 0. The highest BCUT2D eigenvalue weighted by atomic mass is 35.5. The van der Waals surface area contributed by atoms with Crippen LogP contribution in [0.15, 0.2) is 47.6 Å². The number of pyridine rings is 1. The normalized spacial score (nSPS) is 17.1. The summed E-state index contributed by atoms with van der Waals surface area (Å²) in [6, 6.07) is 9.53. The molecule has 0 bridgehead atoms. The molecule has 3 rings (SSSR count). The molecule has 20 heavy (non-hydrogen) atoms. The molecule has 1 aliphatic rings. The summed E-state index contributed by atoms with van der Waals surface area (Å²) < 4.78 is 5.78. The van der Waals surface area contributed by atoms with Gasteiger partial charge in [-0.25, -0.2) is 0 Å². The molecule has 1 unspecified atom stereocenters. The van der Waals surface area contributed by atoms with Crippen molar-refractivity contribution in [2.75, 3.05) is 5.75 Å². The number of ketones is 1. The lowest BCUT2D eigenvalue weighted by atomic mass is 10.1. The van der Waals surface area contributed by atoms with Crippen molar-refractivity contribution in [1.82, 2.24) is 4.98 Å². The number of hydrogen-bond donors (Lipinski definition) is 0. The molecule has 0 amide bonds. The maximum absolute atomic E-state index is 12.3. The van der Waals surface area contributed by atoms with E-state index in [1.165, 1.54) is 0 Å². The van der Waals surface area contributed by atoms with Gasteiger partial charge in [0, 0.05) is 29.5 Å². The highest BCUT2D eigenvalue weighted by molar-refractivity contribution is 7.99. The Morgan fingerprint density at radius 2 is 2.25 bits per heavy atom. The van der Waals surface area contributed by atoms with Crippen molar-refractivity contribution in [3.8, 4) is 5.75 Å². The second-order valence-corrected chi connectivity index (χ2v) is 5.94. The Kier molecular flexibility index (Phi) is 3.94. The van der Waals surface area contributed by atoms with Gasteiger partial charge >= 0.3 is 0 Å². The van der Waals surface area contributed by atoms with Crippen molar-refractivity contribution in [3.05, 3.63) is 53.3 Å². The third kappa shape index (κ3) is 2.81. The van der Waals surface area contributed by atoms with Crippen molar-refractivity contribution >= 4 is 29.1 Å². The van der Waals surface area contributed by atoms with Gasteiger partial charge in [-0.3, -0.25) is 9.78 Å². The lowest BCUT2D eigenvalue weighted by Crippen LogP contribution is -2.33. The second kappa shape index (κ2) is 5.85. The van der Waals surface area contributed by atoms with Crippen molar-refractivity contribution in [2.24, 2.45) is 0 Å².